The van der Waals surface area contributed by atoms with E-state index in [1.807, 2.05) is 6.92 Å². The molecular weight excluding hydrogens is 286 g/mol. The quantitative estimate of drug-likeness (QED) is 0.791. The monoisotopic (exact) mass is 296 g/mol. The van der Waals surface area contributed by atoms with E-state index in [4.69, 9.17) is 16.3 Å². The minimum Gasteiger partial charge on any atom is -0.484 e. The number of carbonyl (C=O) groups is 1. The van der Waals surface area contributed by atoms with Gasteiger partial charge in [0.05, 0.1) is 5.02 Å². The fourth-order valence-electron chi connectivity index (χ4n) is 1.62. The average molecular weight is 297 g/mol. The Kier molecular flexibility index (Phi) is 4.35. The number of carbonyl (C=O) groups excluding carboxylic acids is 1. The van der Waals surface area contributed by atoms with Crippen molar-refractivity contribution in [1.82, 2.24) is 0 Å². The van der Waals surface area contributed by atoms with Gasteiger partial charge in [-0.1, -0.05) is 17.7 Å². The van der Waals surface area contributed by atoms with E-state index in [2.05, 4.69) is 0 Å². The van der Waals surface area contributed by atoms with Crippen LogP contribution in [0.3, 0.4) is 0 Å². The van der Waals surface area contributed by atoms with Crippen LogP contribution in [0.15, 0.2) is 36.4 Å². The number of ketones is 1. The van der Waals surface area contributed by atoms with Crippen molar-refractivity contribution in [3.63, 3.8) is 0 Å². The third kappa shape index (κ3) is 3.33. The third-order valence-electron chi connectivity index (χ3n) is 2.69. The van der Waals surface area contributed by atoms with Crippen LogP contribution >= 0.6 is 11.6 Å². The molecule has 104 valence electrons. The van der Waals surface area contributed by atoms with E-state index >= 15 is 0 Å². The second-order valence-electron chi connectivity index (χ2n) is 4.27. The van der Waals surface area contributed by atoms with Gasteiger partial charge in [0, 0.05) is 5.56 Å². The van der Waals surface area contributed by atoms with Crippen LogP contribution in [0.2, 0.25) is 5.02 Å². The summed E-state index contributed by atoms with van der Waals surface area (Å²) in [5.74, 6) is -2.15. The van der Waals surface area contributed by atoms with E-state index in [1.165, 1.54) is 6.07 Å². The van der Waals surface area contributed by atoms with Crippen molar-refractivity contribution >= 4 is 17.4 Å². The first kappa shape index (κ1) is 14.5. The lowest BCUT2D eigenvalue weighted by Gasteiger charge is -2.08. The van der Waals surface area contributed by atoms with Gasteiger partial charge in [-0.05, 0) is 42.8 Å². The molecule has 0 bridgehead atoms. The highest BCUT2D eigenvalue weighted by Gasteiger charge is 2.11. The summed E-state index contributed by atoms with van der Waals surface area (Å²) in [5, 5.41) is 0.392. The summed E-state index contributed by atoms with van der Waals surface area (Å²) in [6, 6.07) is 8.11. The zero-order valence-electron chi connectivity index (χ0n) is 10.6. The van der Waals surface area contributed by atoms with Gasteiger partial charge >= 0.3 is 0 Å². The molecule has 0 amide bonds. The number of hydrogen-bond acceptors (Lipinski definition) is 2. The smallest absolute Gasteiger partial charge is 0.200 e. The van der Waals surface area contributed by atoms with Gasteiger partial charge in [0.1, 0.15) is 5.75 Å². The molecule has 0 unspecified atom stereocenters. The molecule has 2 aromatic carbocycles. The zero-order chi connectivity index (χ0) is 14.7. The predicted octanol–water partition coefficient (Wildman–Crippen LogP) is 4.19. The molecule has 0 spiro atoms. The minimum absolute atomic E-state index is 0.0483. The van der Waals surface area contributed by atoms with Crippen molar-refractivity contribution in [2.24, 2.45) is 0 Å². The van der Waals surface area contributed by atoms with Gasteiger partial charge in [-0.2, -0.15) is 0 Å². The SMILES string of the molecule is Cc1ccc(OCC(=O)c2ccc(F)c(F)c2)c(Cl)c1. The first-order chi connectivity index (χ1) is 9.47. The second-order valence-corrected chi connectivity index (χ2v) is 4.68. The summed E-state index contributed by atoms with van der Waals surface area (Å²) < 4.78 is 31.1. The molecule has 0 aliphatic rings. The molecule has 2 rings (SSSR count). The molecule has 0 N–H and O–H groups in total. The number of benzene rings is 2. The average Bonchev–Trinajstić information content (AvgIpc) is 2.40. The van der Waals surface area contributed by atoms with E-state index in [1.54, 1.807) is 18.2 Å². The molecule has 2 aromatic rings. The molecule has 0 fully saturated rings. The fraction of sp³-hybridized carbons (Fsp3) is 0.133. The molecule has 0 saturated heterocycles. The highest BCUT2D eigenvalue weighted by molar-refractivity contribution is 6.32. The molecule has 5 heteroatoms. The van der Waals surface area contributed by atoms with Crippen molar-refractivity contribution in [2.75, 3.05) is 6.61 Å². The van der Waals surface area contributed by atoms with Crippen LogP contribution in [0.5, 0.6) is 5.75 Å². The van der Waals surface area contributed by atoms with Crippen LogP contribution < -0.4 is 4.74 Å². The number of Topliss-reactive ketones (excluding diaryl/α,β-unsaturated/α-hetero) is 1. The Balaban J connectivity index is 2.06. The van der Waals surface area contributed by atoms with Gasteiger partial charge in [-0.25, -0.2) is 8.78 Å². The largest absolute Gasteiger partial charge is 0.484 e. The number of halogens is 3. The lowest BCUT2D eigenvalue weighted by molar-refractivity contribution is 0.0921. The van der Waals surface area contributed by atoms with E-state index in [9.17, 15) is 13.6 Å². The molecule has 0 radical (unpaired) electrons. The summed E-state index contributed by atoms with van der Waals surface area (Å²) in [6.07, 6.45) is 0. The number of hydrogen-bond donors (Lipinski definition) is 0. The summed E-state index contributed by atoms with van der Waals surface area (Å²) in [4.78, 5) is 11.8. The maximum atomic E-state index is 13.0. The topological polar surface area (TPSA) is 26.3 Å². The van der Waals surface area contributed by atoms with Gasteiger partial charge in [-0.15, -0.1) is 0 Å². The zero-order valence-corrected chi connectivity index (χ0v) is 11.4. The Hall–Kier alpha value is -1.94. The maximum absolute atomic E-state index is 13.0. The Morgan fingerprint density at radius 2 is 1.90 bits per heavy atom. The van der Waals surface area contributed by atoms with Crippen molar-refractivity contribution < 1.29 is 18.3 Å². The standard InChI is InChI=1S/C15H11ClF2O2/c1-9-2-5-15(11(16)6-9)20-8-14(19)10-3-4-12(17)13(18)7-10/h2-7H,8H2,1H3. The minimum atomic E-state index is -1.07. The van der Waals surface area contributed by atoms with E-state index in [0.717, 1.165) is 17.7 Å². The van der Waals surface area contributed by atoms with Crippen molar-refractivity contribution in [3.8, 4) is 5.75 Å². The van der Waals surface area contributed by atoms with Crippen LogP contribution in [-0.4, -0.2) is 12.4 Å². The number of rotatable bonds is 4. The lowest BCUT2D eigenvalue weighted by Crippen LogP contribution is -2.12. The van der Waals surface area contributed by atoms with Gasteiger partial charge in [0.25, 0.3) is 0 Å². The van der Waals surface area contributed by atoms with Crippen LogP contribution in [-0.2, 0) is 0 Å². The van der Waals surface area contributed by atoms with Crippen molar-refractivity contribution in [1.29, 1.82) is 0 Å². The molecule has 0 atom stereocenters. The Labute approximate surface area is 119 Å². The predicted molar refractivity (Wildman–Crippen MR) is 72.4 cm³/mol. The Morgan fingerprint density at radius 1 is 1.15 bits per heavy atom. The van der Waals surface area contributed by atoms with Crippen LogP contribution in [0, 0.1) is 18.6 Å². The van der Waals surface area contributed by atoms with Gasteiger partial charge < -0.3 is 4.74 Å². The van der Waals surface area contributed by atoms with Crippen LogP contribution in [0.4, 0.5) is 8.78 Å². The molecule has 0 aromatic heterocycles. The molecule has 0 saturated carbocycles. The summed E-state index contributed by atoms with van der Waals surface area (Å²) in [7, 11) is 0. The Morgan fingerprint density at radius 3 is 2.55 bits per heavy atom. The van der Waals surface area contributed by atoms with Gasteiger partial charge in [-0.3, -0.25) is 4.79 Å². The van der Waals surface area contributed by atoms with Crippen molar-refractivity contribution in [3.05, 3.63) is 64.2 Å². The fourth-order valence-corrected chi connectivity index (χ4v) is 1.91. The van der Waals surface area contributed by atoms with Crippen LogP contribution in [0.1, 0.15) is 15.9 Å². The molecule has 0 heterocycles. The summed E-state index contributed by atoms with van der Waals surface area (Å²) in [6.45, 7) is 1.58. The van der Waals surface area contributed by atoms with E-state index in [-0.39, 0.29) is 12.2 Å². The first-order valence-electron chi connectivity index (χ1n) is 5.84. The van der Waals surface area contributed by atoms with Crippen LogP contribution in [0.25, 0.3) is 0 Å². The molecule has 2 nitrogen and oxygen atoms in total. The number of ether oxygens (including phenoxy) is 1. The highest BCUT2D eigenvalue weighted by atomic mass is 35.5. The molecule has 0 aliphatic heterocycles. The summed E-state index contributed by atoms with van der Waals surface area (Å²) in [5.41, 5.74) is 1.02. The van der Waals surface area contributed by atoms with Gasteiger partial charge in [0.15, 0.2) is 24.0 Å². The second kappa shape index (κ2) is 6.01. The third-order valence-corrected chi connectivity index (χ3v) is 2.98. The van der Waals surface area contributed by atoms with E-state index in [0.29, 0.717) is 10.8 Å². The molecule has 0 aliphatic carbocycles. The highest BCUT2D eigenvalue weighted by Crippen LogP contribution is 2.25. The Bertz CT molecular complexity index is 656. The lowest BCUT2D eigenvalue weighted by atomic mass is 10.1. The van der Waals surface area contributed by atoms with Crippen molar-refractivity contribution in [2.45, 2.75) is 6.92 Å². The normalized spacial score (nSPS) is 10.4. The first-order valence-corrected chi connectivity index (χ1v) is 6.22. The van der Waals surface area contributed by atoms with Gasteiger partial charge in [0.2, 0.25) is 0 Å². The molecular formula is C15H11ClF2O2. The molecule has 20 heavy (non-hydrogen) atoms. The number of aryl methyl sites for hydroxylation is 1. The maximum Gasteiger partial charge on any atom is 0.200 e. The summed E-state index contributed by atoms with van der Waals surface area (Å²) >= 11 is 5.96. The van der Waals surface area contributed by atoms with E-state index < -0.39 is 17.4 Å².